The Labute approximate surface area is 319 Å². The van der Waals surface area contributed by atoms with E-state index >= 15 is 0 Å². The van der Waals surface area contributed by atoms with E-state index in [2.05, 4.69) is 96.6 Å². The first-order valence-electron chi connectivity index (χ1n) is 18.4. The summed E-state index contributed by atoms with van der Waals surface area (Å²) in [6.45, 7) is 4.20. The van der Waals surface area contributed by atoms with Crippen LogP contribution in [0.25, 0.3) is 66.6 Å². The first-order chi connectivity index (χ1) is 27.0. The lowest BCUT2D eigenvalue weighted by molar-refractivity contribution is -0.194. The highest BCUT2D eigenvalue weighted by Crippen LogP contribution is 2.48. The van der Waals surface area contributed by atoms with Gasteiger partial charge in [0.15, 0.2) is 0 Å². The van der Waals surface area contributed by atoms with Gasteiger partial charge in [0, 0.05) is 42.3 Å². The van der Waals surface area contributed by atoms with Crippen molar-refractivity contribution in [1.82, 2.24) is 19.9 Å². The van der Waals surface area contributed by atoms with Crippen molar-refractivity contribution in [3.8, 4) is 56.3 Å². The molecule has 0 fully saturated rings. The Balaban J connectivity index is 1.54. The van der Waals surface area contributed by atoms with Gasteiger partial charge in [-0.15, -0.1) is 0 Å². The summed E-state index contributed by atoms with van der Waals surface area (Å²) in [5.41, 5.74) is 11.7. The van der Waals surface area contributed by atoms with E-state index in [1.807, 2.05) is 72.8 Å². The van der Waals surface area contributed by atoms with Gasteiger partial charge in [-0.1, -0.05) is 135 Å². The van der Waals surface area contributed by atoms with Crippen molar-refractivity contribution in [1.29, 1.82) is 0 Å². The minimum atomic E-state index is -1.23. The molecule has 2 aliphatic heterocycles. The number of hydrogen-bond donors (Lipinski definition) is 2. The molecule has 0 saturated heterocycles. The summed E-state index contributed by atoms with van der Waals surface area (Å²) in [4.78, 5) is 18.3. The van der Waals surface area contributed by atoms with Crippen molar-refractivity contribution in [2.75, 3.05) is 14.2 Å². The van der Waals surface area contributed by atoms with Gasteiger partial charge in [-0.25, -0.2) is 9.97 Å². The van der Waals surface area contributed by atoms with Crippen LogP contribution in [0.3, 0.4) is 0 Å². The number of H-pyrrole nitrogens is 2. The fourth-order valence-corrected chi connectivity index (χ4v) is 7.73. The molecule has 5 heterocycles. The number of nitrogens with zero attached hydrogens (tertiary/aromatic N) is 2. The lowest BCUT2D eigenvalue weighted by Gasteiger charge is -2.32. The van der Waals surface area contributed by atoms with Gasteiger partial charge >= 0.3 is 0 Å². The van der Waals surface area contributed by atoms with Gasteiger partial charge in [0.25, 0.3) is 5.79 Å². The van der Waals surface area contributed by atoms with Crippen LogP contribution in [0.5, 0.6) is 11.8 Å². The molecule has 55 heavy (non-hydrogen) atoms. The highest BCUT2D eigenvalue weighted by atomic mass is 16.7. The maximum Gasteiger partial charge on any atom is 0.259 e. The number of ether oxygens (including phenoxy) is 4. The van der Waals surface area contributed by atoms with Crippen LogP contribution < -0.4 is 9.47 Å². The summed E-state index contributed by atoms with van der Waals surface area (Å²) in [5.74, 6) is -0.475. The molecule has 8 heteroatoms. The van der Waals surface area contributed by atoms with Crippen molar-refractivity contribution in [2.45, 2.75) is 25.9 Å². The van der Waals surface area contributed by atoms with E-state index in [1.165, 1.54) is 0 Å². The zero-order valence-corrected chi connectivity index (χ0v) is 31.0. The SMILES string of the molecule is COC1Oc2nc1c(-c1ccccc1)c1ccc([nH]1)c(-c1ccccc1)c1nc(c(-c3ccccc3)c3ccc([nH]3)c2-c2ccccc2)OC1(OC)C(C)C. The summed E-state index contributed by atoms with van der Waals surface area (Å²) < 4.78 is 26.3. The van der Waals surface area contributed by atoms with Crippen LogP contribution in [0.1, 0.15) is 31.5 Å². The quantitative estimate of drug-likeness (QED) is 0.170. The fourth-order valence-electron chi connectivity index (χ4n) is 7.73. The van der Waals surface area contributed by atoms with Gasteiger partial charge in [-0.3, -0.25) is 0 Å². The third-order valence-corrected chi connectivity index (χ3v) is 10.4. The van der Waals surface area contributed by atoms with Crippen molar-refractivity contribution < 1.29 is 18.9 Å². The Bertz CT molecular complexity index is 2660. The Morgan fingerprint density at radius 2 is 0.945 bits per heavy atom. The highest BCUT2D eigenvalue weighted by molar-refractivity contribution is 5.93. The summed E-state index contributed by atoms with van der Waals surface area (Å²) in [5, 5.41) is 0. The molecule has 0 amide bonds. The van der Waals surface area contributed by atoms with Crippen LogP contribution in [0.4, 0.5) is 0 Å². The number of hydrogen-bond acceptors (Lipinski definition) is 6. The molecule has 3 aromatic heterocycles. The minimum absolute atomic E-state index is 0.134. The number of fused-ring (bicyclic) bond motifs is 8. The molecule has 4 aromatic carbocycles. The Morgan fingerprint density at radius 3 is 1.40 bits per heavy atom. The lowest BCUT2D eigenvalue weighted by Crippen LogP contribution is -2.38. The number of methoxy groups -OCH3 is 2. The maximum atomic E-state index is 7.08. The smallest absolute Gasteiger partial charge is 0.259 e. The molecule has 2 N–H and O–H groups in total. The second-order valence-electron chi connectivity index (χ2n) is 13.9. The molecule has 8 bridgehead atoms. The Hall–Kier alpha value is -6.48. The number of benzene rings is 4. The monoisotopic (exact) mass is 724 g/mol. The van der Waals surface area contributed by atoms with Crippen molar-refractivity contribution in [3.05, 3.63) is 157 Å². The molecule has 8 nitrogen and oxygen atoms in total. The fraction of sp³-hybridized carbons (Fsp3) is 0.149. The normalized spacial score (nSPS) is 16.5. The van der Waals surface area contributed by atoms with E-state index in [0.717, 1.165) is 66.6 Å². The minimum Gasteiger partial charge on any atom is -0.441 e. The molecule has 2 atom stereocenters. The lowest BCUT2D eigenvalue weighted by atomic mass is 9.92. The van der Waals surface area contributed by atoms with E-state index < -0.39 is 12.1 Å². The second kappa shape index (κ2) is 14.1. The number of nitrogens with one attached hydrogen (secondary N) is 2. The topological polar surface area (TPSA) is 94.3 Å². The van der Waals surface area contributed by atoms with Crippen LogP contribution in [-0.2, 0) is 15.3 Å². The number of aromatic nitrogens is 4. The van der Waals surface area contributed by atoms with Gasteiger partial charge in [0.2, 0.25) is 18.1 Å². The Morgan fingerprint density at radius 1 is 0.527 bits per heavy atom. The highest BCUT2D eigenvalue weighted by Gasteiger charge is 2.47. The van der Waals surface area contributed by atoms with Crippen LogP contribution in [-0.4, -0.2) is 34.2 Å². The van der Waals surface area contributed by atoms with E-state index in [0.29, 0.717) is 23.1 Å². The Kier molecular flexibility index (Phi) is 8.77. The molecular formula is C47H40N4O4. The zero-order valence-electron chi connectivity index (χ0n) is 31.0. The number of aromatic amines is 2. The van der Waals surface area contributed by atoms with Crippen LogP contribution in [0, 0.1) is 5.92 Å². The molecule has 0 saturated carbocycles. The van der Waals surface area contributed by atoms with Gasteiger partial charge in [-0.2, -0.15) is 0 Å². The molecule has 0 spiro atoms. The predicted octanol–water partition coefficient (Wildman–Crippen LogP) is 11.2. The number of rotatable bonds is 7. The van der Waals surface area contributed by atoms with Gasteiger partial charge < -0.3 is 28.9 Å². The van der Waals surface area contributed by atoms with Gasteiger partial charge in [-0.05, 0) is 46.5 Å². The third kappa shape index (κ3) is 5.87. The summed E-state index contributed by atoms with van der Waals surface area (Å²) in [7, 11) is 3.34. The molecule has 0 aliphatic carbocycles. The van der Waals surface area contributed by atoms with E-state index in [1.54, 1.807) is 14.2 Å². The standard InChI is InChI=1S/C47H40N4O4/c1-29(2)47(53-4)43-39(31-19-11-6-12-20-31)35-26-25-34(48-35)38(30-17-9-5-10-18-30)42-46(52-3)54-44(50-42)40(32-21-13-7-14-22-32)36-27-28-37(49-36)41(45(51-43)55-47)33-23-15-8-16-24-33/h5-29,46,48-49H,1-4H3. The summed E-state index contributed by atoms with van der Waals surface area (Å²) >= 11 is 0. The largest absolute Gasteiger partial charge is 0.441 e. The molecule has 272 valence electrons. The average molecular weight is 725 g/mol. The molecule has 2 aliphatic rings. The maximum absolute atomic E-state index is 7.08. The van der Waals surface area contributed by atoms with E-state index in [-0.39, 0.29) is 5.92 Å². The third-order valence-electron chi connectivity index (χ3n) is 10.4. The molecule has 7 aromatic rings. The first kappa shape index (κ1) is 34.3. The summed E-state index contributed by atoms with van der Waals surface area (Å²) in [6, 6.07) is 49.1. The van der Waals surface area contributed by atoms with Crippen molar-refractivity contribution in [2.24, 2.45) is 5.92 Å². The zero-order chi connectivity index (χ0) is 37.5. The van der Waals surface area contributed by atoms with Crippen molar-refractivity contribution >= 4 is 22.1 Å². The second-order valence-corrected chi connectivity index (χ2v) is 13.9. The van der Waals surface area contributed by atoms with Crippen LogP contribution in [0.2, 0.25) is 0 Å². The molecule has 9 rings (SSSR count). The predicted molar refractivity (Wildman–Crippen MR) is 217 cm³/mol. The molecule has 0 radical (unpaired) electrons. The molecule has 2 unspecified atom stereocenters. The first-order valence-corrected chi connectivity index (χ1v) is 18.4. The van der Waals surface area contributed by atoms with Gasteiger partial charge in [0.1, 0.15) is 11.4 Å². The molecular weight excluding hydrogens is 685 g/mol. The van der Waals surface area contributed by atoms with Crippen LogP contribution >= 0.6 is 0 Å². The van der Waals surface area contributed by atoms with E-state index in [9.17, 15) is 0 Å². The van der Waals surface area contributed by atoms with Crippen molar-refractivity contribution in [3.63, 3.8) is 0 Å². The van der Waals surface area contributed by atoms with Crippen LogP contribution in [0.15, 0.2) is 146 Å². The average Bonchev–Trinajstić information content (AvgIpc) is 4.05. The summed E-state index contributed by atoms with van der Waals surface area (Å²) in [6.07, 6.45) is -0.781. The van der Waals surface area contributed by atoms with E-state index in [4.69, 9.17) is 28.9 Å². The van der Waals surface area contributed by atoms with Gasteiger partial charge in [0.05, 0.1) is 22.2 Å².